The molecule has 2 rings (SSSR count). The average Bonchev–Trinajstić information content (AvgIpc) is 2.95. The number of ketones is 1. The minimum atomic E-state index is -1.35. The Hall–Kier alpha value is -2.01. The SMILES string of the molecule is CCC(O)(CC)C(=O)c1cnnn1-c1ccccc1. The number of benzene rings is 1. The van der Waals surface area contributed by atoms with Crippen molar-refractivity contribution in [3.63, 3.8) is 0 Å². The minimum Gasteiger partial charge on any atom is -0.382 e. The number of carbonyl (C=O) groups excluding carboxylic acids is 1. The Labute approximate surface area is 111 Å². The number of aromatic nitrogens is 3. The van der Waals surface area contributed by atoms with Gasteiger partial charge in [-0.2, -0.15) is 0 Å². The number of Topliss-reactive ketones (excluding diaryl/α,β-unsaturated/α-hetero) is 1. The van der Waals surface area contributed by atoms with E-state index >= 15 is 0 Å². The molecular formula is C14H17N3O2. The van der Waals surface area contributed by atoms with Crippen LogP contribution in [-0.2, 0) is 0 Å². The van der Waals surface area contributed by atoms with Gasteiger partial charge in [-0.25, -0.2) is 4.68 Å². The number of hydrogen-bond acceptors (Lipinski definition) is 4. The largest absolute Gasteiger partial charge is 0.382 e. The molecule has 1 heterocycles. The molecule has 1 aromatic carbocycles. The second-order valence-corrected chi connectivity index (χ2v) is 4.43. The molecule has 0 bridgehead atoms. The Morgan fingerprint density at radius 3 is 2.47 bits per heavy atom. The topological polar surface area (TPSA) is 68.0 Å². The van der Waals surface area contributed by atoms with Gasteiger partial charge in [-0.05, 0) is 25.0 Å². The van der Waals surface area contributed by atoms with Crippen molar-refractivity contribution in [1.82, 2.24) is 15.0 Å². The summed E-state index contributed by atoms with van der Waals surface area (Å²) >= 11 is 0. The highest BCUT2D eigenvalue weighted by molar-refractivity contribution is 6.01. The van der Waals surface area contributed by atoms with Crippen molar-refractivity contribution in [2.75, 3.05) is 0 Å². The molecule has 0 atom stereocenters. The highest BCUT2D eigenvalue weighted by Gasteiger charge is 2.35. The Balaban J connectivity index is 2.43. The molecule has 0 aliphatic rings. The molecule has 0 aliphatic heterocycles. The number of rotatable bonds is 5. The zero-order valence-corrected chi connectivity index (χ0v) is 11.1. The first-order valence-electron chi connectivity index (χ1n) is 6.35. The second-order valence-electron chi connectivity index (χ2n) is 4.43. The Morgan fingerprint density at radius 1 is 1.26 bits per heavy atom. The standard InChI is InChI=1S/C14H17N3O2/c1-3-14(19,4-2)13(18)12-10-15-16-17(12)11-8-6-5-7-9-11/h5-10,19H,3-4H2,1-2H3. The second kappa shape index (κ2) is 5.32. The minimum absolute atomic E-state index is 0.303. The van der Waals surface area contributed by atoms with Gasteiger partial charge in [0.15, 0.2) is 0 Å². The van der Waals surface area contributed by atoms with Crippen LogP contribution in [0.1, 0.15) is 37.2 Å². The third kappa shape index (κ3) is 2.42. The van der Waals surface area contributed by atoms with E-state index in [1.807, 2.05) is 30.3 Å². The summed E-state index contributed by atoms with van der Waals surface area (Å²) in [5.41, 5.74) is -0.302. The van der Waals surface area contributed by atoms with E-state index in [0.29, 0.717) is 18.5 Å². The van der Waals surface area contributed by atoms with Gasteiger partial charge in [0.2, 0.25) is 5.78 Å². The van der Waals surface area contributed by atoms with E-state index in [-0.39, 0.29) is 5.78 Å². The molecule has 1 aromatic heterocycles. The van der Waals surface area contributed by atoms with Crippen molar-refractivity contribution < 1.29 is 9.90 Å². The number of hydrogen-bond donors (Lipinski definition) is 1. The van der Waals surface area contributed by atoms with Crippen molar-refractivity contribution in [3.8, 4) is 5.69 Å². The highest BCUT2D eigenvalue weighted by atomic mass is 16.3. The maximum Gasteiger partial charge on any atom is 0.214 e. The molecule has 19 heavy (non-hydrogen) atoms. The molecule has 0 aliphatic carbocycles. The first-order valence-corrected chi connectivity index (χ1v) is 6.35. The molecule has 100 valence electrons. The van der Waals surface area contributed by atoms with E-state index in [2.05, 4.69) is 10.3 Å². The molecule has 2 aromatic rings. The van der Waals surface area contributed by atoms with E-state index in [1.54, 1.807) is 13.8 Å². The lowest BCUT2D eigenvalue weighted by atomic mass is 9.90. The lowest BCUT2D eigenvalue weighted by Crippen LogP contribution is -2.38. The van der Waals surface area contributed by atoms with Crippen LogP contribution in [0.4, 0.5) is 0 Å². The maximum atomic E-state index is 12.4. The number of carbonyl (C=O) groups is 1. The quantitative estimate of drug-likeness (QED) is 0.834. The van der Waals surface area contributed by atoms with Crippen molar-refractivity contribution in [1.29, 1.82) is 0 Å². The smallest absolute Gasteiger partial charge is 0.214 e. The van der Waals surface area contributed by atoms with Crippen LogP contribution in [0, 0.1) is 0 Å². The van der Waals surface area contributed by atoms with Gasteiger partial charge in [0.25, 0.3) is 0 Å². The van der Waals surface area contributed by atoms with Crippen molar-refractivity contribution in [3.05, 3.63) is 42.2 Å². The van der Waals surface area contributed by atoms with Crippen LogP contribution in [0.5, 0.6) is 0 Å². The molecular weight excluding hydrogens is 242 g/mol. The first kappa shape index (κ1) is 13.4. The fourth-order valence-corrected chi connectivity index (χ4v) is 1.96. The third-order valence-electron chi connectivity index (χ3n) is 3.38. The number of para-hydroxylation sites is 1. The zero-order valence-electron chi connectivity index (χ0n) is 11.1. The number of nitrogens with zero attached hydrogens (tertiary/aromatic N) is 3. The van der Waals surface area contributed by atoms with E-state index in [1.165, 1.54) is 10.9 Å². The maximum absolute atomic E-state index is 12.4. The third-order valence-corrected chi connectivity index (χ3v) is 3.38. The molecule has 5 nitrogen and oxygen atoms in total. The van der Waals surface area contributed by atoms with Crippen molar-refractivity contribution in [2.24, 2.45) is 0 Å². The first-order chi connectivity index (χ1) is 9.12. The van der Waals surface area contributed by atoms with E-state index < -0.39 is 5.60 Å². The lowest BCUT2D eigenvalue weighted by molar-refractivity contribution is 0.0270. The monoisotopic (exact) mass is 259 g/mol. The molecule has 0 saturated heterocycles. The molecule has 5 heteroatoms. The van der Waals surface area contributed by atoms with E-state index in [9.17, 15) is 9.90 Å². The van der Waals surface area contributed by atoms with Gasteiger partial charge in [-0.3, -0.25) is 4.79 Å². The van der Waals surface area contributed by atoms with Crippen LogP contribution in [0.25, 0.3) is 5.69 Å². The fraction of sp³-hybridized carbons (Fsp3) is 0.357. The summed E-state index contributed by atoms with van der Waals surface area (Å²) in [7, 11) is 0. The molecule has 1 N–H and O–H groups in total. The molecule has 0 spiro atoms. The van der Waals surface area contributed by atoms with Crippen LogP contribution in [0.15, 0.2) is 36.5 Å². The summed E-state index contributed by atoms with van der Waals surface area (Å²) in [6.45, 7) is 3.58. The van der Waals surface area contributed by atoms with Crippen LogP contribution in [0.3, 0.4) is 0 Å². The van der Waals surface area contributed by atoms with Gasteiger partial charge in [0, 0.05) is 0 Å². The molecule has 0 radical (unpaired) electrons. The summed E-state index contributed by atoms with van der Waals surface area (Å²) in [6.07, 6.45) is 2.12. The normalized spacial score (nSPS) is 11.5. The van der Waals surface area contributed by atoms with Crippen LogP contribution in [-0.4, -0.2) is 31.5 Å². The number of aliphatic hydroxyl groups is 1. The van der Waals surface area contributed by atoms with Gasteiger partial charge in [0.05, 0.1) is 11.9 Å². The zero-order chi connectivity index (χ0) is 13.9. The van der Waals surface area contributed by atoms with E-state index in [0.717, 1.165) is 5.69 Å². The average molecular weight is 259 g/mol. The lowest BCUT2D eigenvalue weighted by Gasteiger charge is -2.23. The van der Waals surface area contributed by atoms with Crippen LogP contribution >= 0.6 is 0 Å². The van der Waals surface area contributed by atoms with Crippen LogP contribution in [0.2, 0.25) is 0 Å². The Bertz CT molecular complexity index is 559. The van der Waals surface area contributed by atoms with Gasteiger partial charge >= 0.3 is 0 Å². The molecule has 0 unspecified atom stereocenters. The van der Waals surface area contributed by atoms with Gasteiger partial charge in [0.1, 0.15) is 11.3 Å². The summed E-state index contributed by atoms with van der Waals surface area (Å²) in [4.78, 5) is 12.4. The van der Waals surface area contributed by atoms with Gasteiger partial charge in [-0.1, -0.05) is 37.3 Å². The predicted molar refractivity (Wildman–Crippen MR) is 71.2 cm³/mol. The fourth-order valence-electron chi connectivity index (χ4n) is 1.96. The van der Waals surface area contributed by atoms with Crippen molar-refractivity contribution in [2.45, 2.75) is 32.3 Å². The van der Waals surface area contributed by atoms with Gasteiger partial charge < -0.3 is 5.11 Å². The summed E-state index contributed by atoms with van der Waals surface area (Å²) in [5.74, 6) is -0.341. The predicted octanol–water partition coefficient (Wildman–Crippen LogP) is 2.00. The molecule has 0 amide bonds. The highest BCUT2D eigenvalue weighted by Crippen LogP contribution is 2.22. The summed E-state index contributed by atoms with van der Waals surface area (Å²) < 4.78 is 1.46. The molecule has 0 saturated carbocycles. The molecule has 0 fully saturated rings. The van der Waals surface area contributed by atoms with Crippen LogP contribution < -0.4 is 0 Å². The van der Waals surface area contributed by atoms with Crippen molar-refractivity contribution >= 4 is 5.78 Å². The van der Waals surface area contributed by atoms with Gasteiger partial charge in [-0.15, -0.1) is 5.10 Å². The Morgan fingerprint density at radius 2 is 1.89 bits per heavy atom. The Kier molecular flexibility index (Phi) is 3.76. The van der Waals surface area contributed by atoms with E-state index in [4.69, 9.17) is 0 Å². The summed E-state index contributed by atoms with van der Waals surface area (Å²) in [6, 6.07) is 9.27. The summed E-state index contributed by atoms with van der Waals surface area (Å²) in [5, 5.41) is 18.0.